The molecule has 1 N–H and O–H groups in total. The van der Waals surface area contributed by atoms with Gasteiger partial charge in [0.15, 0.2) is 0 Å². The molecule has 1 heterocycles. The quantitative estimate of drug-likeness (QED) is 0.856. The van der Waals surface area contributed by atoms with Crippen LogP contribution in [0.1, 0.15) is 18.0 Å². The molecule has 1 aliphatic rings. The molecule has 0 bridgehead atoms. The number of halogens is 5. The lowest BCUT2D eigenvalue weighted by molar-refractivity contribution is -0.253. The second-order valence-corrected chi connectivity index (χ2v) is 3.83. The third kappa shape index (κ3) is 3.26. The van der Waals surface area contributed by atoms with E-state index in [1.54, 1.807) is 12.1 Å². The van der Waals surface area contributed by atoms with Gasteiger partial charge < -0.3 is 10.1 Å². The van der Waals surface area contributed by atoms with E-state index in [-0.39, 0.29) is 24.2 Å². The first-order valence-electron chi connectivity index (χ1n) is 5.17. The van der Waals surface area contributed by atoms with Crippen LogP contribution in [0.15, 0.2) is 24.3 Å². The van der Waals surface area contributed by atoms with E-state index in [0.29, 0.717) is 0 Å². The Balaban J connectivity index is 0.00000162. The van der Waals surface area contributed by atoms with Crippen molar-refractivity contribution in [1.29, 1.82) is 0 Å². The predicted molar refractivity (Wildman–Crippen MR) is 60.6 cm³/mol. The van der Waals surface area contributed by atoms with Gasteiger partial charge in [0.2, 0.25) is 0 Å². The summed E-state index contributed by atoms with van der Waals surface area (Å²) in [5.74, 6) is -0.265. The molecule has 0 saturated carbocycles. The summed E-state index contributed by atoms with van der Waals surface area (Å²) in [5, 5.41) is 3.14. The van der Waals surface area contributed by atoms with Crippen molar-refractivity contribution < 1.29 is 22.3 Å². The average Bonchev–Trinajstić information content (AvgIpc) is 2.17. The van der Waals surface area contributed by atoms with Crippen LogP contribution in [0.4, 0.5) is 17.6 Å². The zero-order valence-corrected chi connectivity index (χ0v) is 10.0. The summed E-state index contributed by atoms with van der Waals surface area (Å²) in [6.07, 6.45) is -7.31. The van der Waals surface area contributed by atoms with Crippen molar-refractivity contribution in [3.63, 3.8) is 0 Å². The van der Waals surface area contributed by atoms with Gasteiger partial charge in [0.1, 0.15) is 5.75 Å². The van der Waals surface area contributed by atoms with E-state index in [2.05, 4.69) is 10.1 Å². The molecule has 0 radical (unpaired) electrons. The van der Waals surface area contributed by atoms with E-state index >= 15 is 0 Å². The number of benzene rings is 1. The maximum atomic E-state index is 12.6. The van der Waals surface area contributed by atoms with Crippen molar-refractivity contribution in [3.05, 3.63) is 29.8 Å². The highest BCUT2D eigenvalue weighted by molar-refractivity contribution is 5.85. The zero-order valence-electron chi connectivity index (χ0n) is 9.21. The van der Waals surface area contributed by atoms with Crippen LogP contribution in [0.3, 0.4) is 0 Å². The van der Waals surface area contributed by atoms with Gasteiger partial charge in [-0.25, -0.2) is 0 Å². The Morgan fingerprint density at radius 3 is 2.17 bits per heavy atom. The third-order valence-corrected chi connectivity index (χ3v) is 2.61. The molecular weight excluding hydrogens is 274 g/mol. The van der Waals surface area contributed by atoms with Crippen LogP contribution in [0.25, 0.3) is 0 Å². The van der Waals surface area contributed by atoms with E-state index in [9.17, 15) is 17.6 Å². The summed E-state index contributed by atoms with van der Waals surface area (Å²) in [6, 6.07) is 5.94. The monoisotopic (exact) mass is 285 g/mol. The van der Waals surface area contributed by atoms with E-state index < -0.39 is 12.5 Å². The molecule has 0 aliphatic carbocycles. The van der Waals surface area contributed by atoms with Crippen molar-refractivity contribution in [2.24, 2.45) is 0 Å². The van der Waals surface area contributed by atoms with Crippen LogP contribution in [0.5, 0.6) is 5.75 Å². The minimum absolute atomic E-state index is 0. The molecule has 0 unspecified atom stereocenters. The van der Waals surface area contributed by atoms with Crippen molar-refractivity contribution in [2.75, 3.05) is 6.54 Å². The Kier molecular flexibility index (Phi) is 4.81. The Morgan fingerprint density at radius 2 is 1.78 bits per heavy atom. The Bertz CT molecular complexity index is 381. The lowest BCUT2D eigenvalue weighted by Crippen LogP contribution is -2.35. The van der Waals surface area contributed by atoms with Crippen LogP contribution in [0.2, 0.25) is 0 Å². The van der Waals surface area contributed by atoms with Crippen LogP contribution < -0.4 is 10.1 Å². The van der Waals surface area contributed by atoms with Gasteiger partial charge in [0, 0.05) is 6.04 Å². The summed E-state index contributed by atoms with van der Waals surface area (Å²) >= 11 is 0. The first-order valence-corrected chi connectivity index (χ1v) is 5.17. The van der Waals surface area contributed by atoms with Crippen molar-refractivity contribution >= 4 is 12.4 Å². The molecule has 1 saturated heterocycles. The molecular formula is C11H12ClF4NO. The van der Waals surface area contributed by atoms with E-state index in [1.807, 2.05) is 0 Å². The van der Waals surface area contributed by atoms with E-state index in [0.717, 1.165) is 18.5 Å². The van der Waals surface area contributed by atoms with Crippen molar-refractivity contribution in [2.45, 2.75) is 25.0 Å². The topological polar surface area (TPSA) is 21.3 Å². The van der Waals surface area contributed by atoms with Crippen LogP contribution in [0, 0.1) is 0 Å². The highest BCUT2D eigenvalue weighted by Crippen LogP contribution is 2.29. The largest absolute Gasteiger partial charge is 0.461 e. The Hall–Kier alpha value is -1.01. The number of rotatable bonds is 4. The van der Waals surface area contributed by atoms with Crippen LogP contribution >= 0.6 is 12.4 Å². The molecule has 102 valence electrons. The fraction of sp³-hybridized carbons (Fsp3) is 0.455. The number of hydrogen-bond acceptors (Lipinski definition) is 2. The Labute approximate surface area is 108 Å². The molecule has 1 fully saturated rings. The highest BCUT2D eigenvalue weighted by Gasteiger charge is 2.43. The van der Waals surface area contributed by atoms with Crippen molar-refractivity contribution in [1.82, 2.24) is 5.32 Å². The summed E-state index contributed by atoms with van der Waals surface area (Å²) in [4.78, 5) is 0. The van der Waals surface area contributed by atoms with Crippen LogP contribution in [-0.4, -0.2) is 19.1 Å². The molecule has 2 rings (SSSR count). The minimum Gasteiger partial charge on any atom is -0.428 e. The molecule has 0 spiro atoms. The third-order valence-electron chi connectivity index (χ3n) is 2.61. The molecule has 0 aromatic heterocycles. The van der Waals surface area contributed by atoms with Crippen LogP contribution in [-0.2, 0) is 0 Å². The van der Waals surface area contributed by atoms with Gasteiger partial charge in [-0.3, -0.25) is 0 Å². The molecule has 2 nitrogen and oxygen atoms in total. The molecule has 18 heavy (non-hydrogen) atoms. The number of ether oxygens (including phenoxy) is 1. The molecule has 1 aromatic rings. The Morgan fingerprint density at radius 1 is 1.22 bits per heavy atom. The second kappa shape index (κ2) is 5.75. The first-order chi connectivity index (χ1) is 7.99. The predicted octanol–water partition coefficient (Wildman–Crippen LogP) is 3.38. The maximum absolute atomic E-state index is 12.6. The highest BCUT2D eigenvalue weighted by atomic mass is 35.5. The number of nitrogens with one attached hydrogen (secondary N) is 1. The summed E-state index contributed by atoms with van der Waals surface area (Å²) in [6.45, 7) is 0.923. The summed E-state index contributed by atoms with van der Waals surface area (Å²) < 4.78 is 52.9. The lowest BCUT2D eigenvalue weighted by atomic mass is 9.98. The maximum Gasteiger partial charge on any atom is 0.461 e. The van der Waals surface area contributed by atoms with Gasteiger partial charge in [-0.2, -0.15) is 17.6 Å². The number of hydrogen-bond donors (Lipinski definition) is 1. The molecule has 7 heteroatoms. The fourth-order valence-corrected chi connectivity index (χ4v) is 1.54. The smallest absolute Gasteiger partial charge is 0.428 e. The van der Waals surface area contributed by atoms with Gasteiger partial charge in [0.25, 0.3) is 0 Å². The zero-order chi connectivity index (χ0) is 12.5. The molecule has 1 aromatic carbocycles. The average molecular weight is 286 g/mol. The fourth-order valence-electron chi connectivity index (χ4n) is 1.54. The molecule has 1 aliphatic heterocycles. The van der Waals surface area contributed by atoms with Gasteiger partial charge in [0.05, 0.1) is 0 Å². The summed E-state index contributed by atoms with van der Waals surface area (Å²) in [7, 11) is 0. The minimum atomic E-state index is -4.45. The molecule has 0 amide bonds. The van der Waals surface area contributed by atoms with E-state index in [4.69, 9.17) is 0 Å². The van der Waals surface area contributed by atoms with Gasteiger partial charge in [-0.1, -0.05) is 12.1 Å². The normalized spacial score (nSPS) is 19.1. The lowest BCUT2D eigenvalue weighted by Gasteiger charge is -2.28. The number of alkyl halides is 4. The molecule has 1 atom stereocenters. The second-order valence-electron chi connectivity index (χ2n) is 3.83. The van der Waals surface area contributed by atoms with Gasteiger partial charge >= 0.3 is 12.5 Å². The standard InChI is InChI=1S/C11H11F4NO.ClH/c12-10(13)11(14,15)17-8-3-1-7(2-4-8)9-5-6-16-9;/h1-4,9-10,16H,5-6H2;1H/t9-;/m1./s1. The van der Waals surface area contributed by atoms with Gasteiger partial charge in [-0.05, 0) is 30.7 Å². The van der Waals surface area contributed by atoms with Crippen molar-refractivity contribution in [3.8, 4) is 5.75 Å². The van der Waals surface area contributed by atoms with Gasteiger partial charge in [-0.15, -0.1) is 12.4 Å². The van der Waals surface area contributed by atoms with E-state index in [1.165, 1.54) is 12.1 Å². The summed E-state index contributed by atoms with van der Waals surface area (Å²) in [5.41, 5.74) is 0.934. The SMILES string of the molecule is Cl.FC(F)C(F)(F)Oc1ccc([C@H]2CCN2)cc1. The first kappa shape index (κ1) is 15.0.